The molecule has 196 valence electrons. The Kier molecular flexibility index (Phi) is 7.45. The second kappa shape index (κ2) is 10.9. The summed E-state index contributed by atoms with van der Waals surface area (Å²) in [7, 11) is 0. The van der Waals surface area contributed by atoms with E-state index in [2.05, 4.69) is 20.1 Å². The van der Waals surface area contributed by atoms with E-state index in [1.807, 2.05) is 6.07 Å². The highest BCUT2D eigenvalue weighted by molar-refractivity contribution is 6.05. The average molecular weight is 513 g/mol. The quantitative estimate of drug-likeness (QED) is 0.629. The third kappa shape index (κ3) is 5.34. The van der Waals surface area contributed by atoms with Gasteiger partial charge in [-0.05, 0) is 54.7 Å². The molecule has 1 saturated carbocycles. The number of aromatic nitrogens is 1. The van der Waals surface area contributed by atoms with Crippen molar-refractivity contribution in [1.82, 2.24) is 20.1 Å². The fourth-order valence-electron chi connectivity index (χ4n) is 5.77. The van der Waals surface area contributed by atoms with Crippen LogP contribution >= 0.6 is 0 Å². The van der Waals surface area contributed by atoms with Gasteiger partial charge < -0.3 is 4.90 Å². The summed E-state index contributed by atoms with van der Waals surface area (Å²) in [5.41, 5.74) is 1.89. The van der Waals surface area contributed by atoms with Crippen LogP contribution in [0.2, 0.25) is 0 Å². The molecule has 1 aliphatic carbocycles. The Morgan fingerprint density at radius 1 is 1.03 bits per heavy atom. The van der Waals surface area contributed by atoms with Crippen molar-refractivity contribution >= 4 is 17.7 Å². The molecule has 1 aromatic carbocycles. The summed E-state index contributed by atoms with van der Waals surface area (Å²) in [6, 6.07) is 6.19. The standard InChI is InChI=1S/C14H19FN2.C13H11FN2O4/c15-14-8-16-7-6-13(14)11-9-17(10-11)12-4-2-1-3-5-12;14-20-8-1-2-9-7(5-8)6-16(13(9)19)10-3-4-11(17)15-12(10)18/h6-8,11-12H,1-5,9-10H2;1-2,5,10H,3-4,6H2,(H,15,17,18). The number of halogens is 2. The molecule has 1 atom stereocenters. The second-order valence-corrected chi connectivity index (χ2v) is 10.1. The molecule has 1 aromatic heterocycles. The molecule has 6 rings (SSSR count). The van der Waals surface area contributed by atoms with Gasteiger partial charge in [-0.3, -0.25) is 34.5 Å². The average Bonchev–Trinajstić information content (AvgIpc) is 3.20. The number of piperidine rings is 1. The maximum absolute atomic E-state index is 13.5. The Labute approximate surface area is 213 Å². The lowest BCUT2D eigenvalue weighted by molar-refractivity contribution is -0.136. The topological polar surface area (TPSA) is 91.8 Å². The molecule has 1 unspecified atom stereocenters. The molecule has 2 aromatic rings. The van der Waals surface area contributed by atoms with Crippen molar-refractivity contribution in [2.75, 3.05) is 13.1 Å². The van der Waals surface area contributed by atoms with Gasteiger partial charge in [-0.25, -0.2) is 4.39 Å². The number of hydrogen-bond acceptors (Lipinski definition) is 6. The molecular weight excluding hydrogens is 482 g/mol. The van der Waals surface area contributed by atoms with Gasteiger partial charge in [0.2, 0.25) is 11.8 Å². The molecule has 0 radical (unpaired) electrons. The molecular formula is C27H30F2N4O4. The van der Waals surface area contributed by atoms with Crippen LogP contribution in [0.4, 0.5) is 8.92 Å². The summed E-state index contributed by atoms with van der Waals surface area (Å²) >= 11 is 0. The maximum atomic E-state index is 13.5. The first-order valence-electron chi connectivity index (χ1n) is 12.8. The van der Waals surface area contributed by atoms with Crippen LogP contribution in [0.3, 0.4) is 0 Å². The van der Waals surface area contributed by atoms with Crippen molar-refractivity contribution in [3.63, 3.8) is 0 Å². The number of benzene rings is 1. The lowest BCUT2D eigenvalue weighted by atomic mass is 9.86. The van der Waals surface area contributed by atoms with Gasteiger partial charge in [0.1, 0.15) is 11.9 Å². The van der Waals surface area contributed by atoms with Crippen LogP contribution in [-0.4, -0.2) is 57.7 Å². The molecule has 2 saturated heterocycles. The van der Waals surface area contributed by atoms with Crippen molar-refractivity contribution in [1.29, 1.82) is 0 Å². The summed E-state index contributed by atoms with van der Waals surface area (Å²) in [5, 5.41) is 2.22. The minimum absolute atomic E-state index is 0.0154. The summed E-state index contributed by atoms with van der Waals surface area (Å²) < 4.78 is 25.7. The number of imide groups is 1. The minimum atomic E-state index is -0.664. The van der Waals surface area contributed by atoms with Gasteiger partial charge >= 0.3 is 0 Å². The SMILES string of the molecule is Fc1cnccc1C1CN(C2CCCCC2)C1.O=C1CCC(N2Cc3cc(OF)ccc3C2=O)C(=O)N1. The number of nitrogens with zero attached hydrogens (tertiary/aromatic N) is 3. The summed E-state index contributed by atoms with van der Waals surface area (Å²) in [5.74, 6) is -0.824. The Bertz CT molecular complexity index is 1180. The zero-order chi connectivity index (χ0) is 25.9. The number of hydrogen-bond donors (Lipinski definition) is 1. The molecule has 8 nitrogen and oxygen atoms in total. The molecule has 10 heteroatoms. The number of amides is 3. The summed E-state index contributed by atoms with van der Waals surface area (Å²) in [6.07, 6.45) is 10.3. The van der Waals surface area contributed by atoms with Crippen molar-refractivity contribution in [3.05, 3.63) is 59.2 Å². The maximum Gasteiger partial charge on any atom is 0.255 e. The predicted octanol–water partition coefficient (Wildman–Crippen LogP) is 3.66. The fraction of sp³-hybridized carbons (Fsp3) is 0.481. The van der Waals surface area contributed by atoms with Crippen LogP contribution in [0.5, 0.6) is 5.75 Å². The Hall–Kier alpha value is -3.40. The van der Waals surface area contributed by atoms with Gasteiger partial charge in [0, 0.05) is 54.3 Å². The molecule has 37 heavy (non-hydrogen) atoms. The van der Waals surface area contributed by atoms with E-state index in [4.69, 9.17) is 0 Å². The number of rotatable bonds is 4. The third-order valence-corrected chi connectivity index (χ3v) is 7.83. The minimum Gasteiger partial charge on any atom is -0.322 e. The van der Waals surface area contributed by atoms with Gasteiger partial charge in [-0.15, -0.1) is 0 Å². The number of pyridine rings is 1. The third-order valence-electron chi connectivity index (χ3n) is 7.83. The van der Waals surface area contributed by atoms with Crippen LogP contribution in [0.1, 0.15) is 72.3 Å². The molecule has 3 aliphatic heterocycles. The molecule has 0 spiro atoms. The van der Waals surface area contributed by atoms with Crippen LogP contribution in [0.25, 0.3) is 0 Å². The van der Waals surface area contributed by atoms with Crippen molar-refractivity contribution < 1.29 is 28.2 Å². The number of nitrogens with one attached hydrogen (secondary N) is 1. The normalized spacial score (nSPS) is 22.6. The molecule has 3 amide bonds. The lowest BCUT2D eigenvalue weighted by Gasteiger charge is -2.46. The largest absolute Gasteiger partial charge is 0.322 e. The van der Waals surface area contributed by atoms with E-state index in [1.165, 1.54) is 61.4 Å². The van der Waals surface area contributed by atoms with E-state index < -0.39 is 11.9 Å². The highest BCUT2D eigenvalue weighted by Crippen LogP contribution is 2.34. The lowest BCUT2D eigenvalue weighted by Crippen LogP contribution is -2.52. The number of fused-ring (bicyclic) bond motifs is 1. The van der Waals surface area contributed by atoms with Crippen molar-refractivity contribution in [3.8, 4) is 5.75 Å². The van der Waals surface area contributed by atoms with E-state index >= 15 is 0 Å². The summed E-state index contributed by atoms with van der Waals surface area (Å²) in [6.45, 7) is 2.27. The van der Waals surface area contributed by atoms with Crippen LogP contribution in [0.15, 0.2) is 36.7 Å². The molecule has 0 bridgehead atoms. The first-order chi connectivity index (χ1) is 17.9. The smallest absolute Gasteiger partial charge is 0.255 e. The predicted molar refractivity (Wildman–Crippen MR) is 130 cm³/mol. The van der Waals surface area contributed by atoms with Crippen LogP contribution < -0.4 is 10.3 Å². The van der Waals surface area contributed by atoms with E-state index in [1.54, 1.807) is 6.20 Å². The van der Waals surface area contributed by atoms with E-state index in [9.17, 15) is 23.3 Å². The summed E-state index contributed by atoms with van der Waals surface area (Å²) in [4.78, 5) is 46.5. The molecule has 3 fully saturated rings. The van der Waals surface area contributed by atoms with Crippen LogP contribution in [0, 0.1) is 5.82 Å². The molecule has 1 N–H and O–H groups in total. The zero-order valence-corrected chi connectivity index (χ0v) is 20.5. The van der Waals surface area contributed by atoms with Gasteiger partial charge in [-0.2, -0.15) is 0 Å². The van der Waals surface area contributed by atoms with Crippen molar-refractivity contribution in [2.45, 2.75) is 69.5 Å². The fourth-order valence-corrected chi connectivity index (χ4v) is 5.77. The van der Waals surface area contributed by atoms with Gasteiger partial charge in [-0.1, -0.05) is 19.3 Å². The van der Waals surface area contributed by atoms with Gasteiger partial charge in [0.25, 0.3) is 5.91 Å². The Balaban J connectivity index is 0.000000153. The monoisotopic (exact) mass is 512 g/mol. The Morgan fingerprint density at radius 2 is 1.81 bits per heavy atom. The van der Waals surface area contributed by atoms with Crippen LogP contribution in [-0.2, 0) is 16.1 Å². The Morgan fingerprint density at radius 3 is 2.51 bits per heavy atom. The molecule has 4 aliphatic rings. The van der Waals surface area contributed by atoms with Gasteiger partial charge in [0.15, 0.2) is 5.75 Å². The highest BCUT2D eigenvalue weighted by Gasteiger charge is 2.39. The van der Waals surface area contributed by atoms with E-state index in [0.717, 1.165) is 24.7 Å². The number of likely N-dealkylation sites (tertiary alicyclic amines) is 1. The first-order valence-corrected chi connectivity index (χ1v) is 12.8. The second-order valence-electron chi connectivity index (χ2n) is 10.1. The highest BCUT2D eigenvalue weighted by atomic mass is 19.3. The number of carbonyl (C=O) groups excluding carboxylic acids is 3. The molecule has 4 heterocycles. The van der Waals surface area contributed by atoms with Gasteiger partial charge in [0.05, 0.1) is 6.20 Å². The zero-order valence-electron chi connectivity index (χ0n) is 20.5. The van der Waals surface area contributed by atoms with E-state index in [0.29, 0.717) is 23.5 Å². The number of carbonyl (C=O) groups is 3. The van der Waals surface area contributed by atoms with Crippen molar-refractivity contribution in [2.24, 2.45) is 0 Å². The first kappa shape index (κ1) is 25.3. The van der Waals surface area contributed by atoms with E-state index in [-0.39, 0.29) is 36.3 Å².